The van der Waals surface area contributed by atoms with E-state index in [0.29, 0.717) is 29.1 Å². The lowest BCUT2D eigenvalue weighted by Crippen LogP contribution is -2.13. The van der Waals surface area contributed by atoms with Gasteiger partial charge in [0.25, 0.3) is 0 Å². The van der Waals surface area contributed by atoms with Gasteiger partial charge in [0.1, 0.15) is 0 Å². The molecule has 0 bridgehead atoms. The molecule has 0 aliphatic carbocycles. The zero-order valence-electron chi connectivity index (χ0n) is 13.1. The molecule has 0 saturated carbocycles. The first-order valence-corrected chi connectivity index (χ1v) is 7.60. The zero-order chi connectivity index (χ0) is 16.8. The second-order valence-corrected chi connectivity index (χ2v) is 5.63. The monoisotopic (exact) mass is 331 g/mol. The fourth-order valence-electron chi connectivity index (χ4n) is 2.17. The van der Waals surface area contributed by atoms with Crippen molar-refractivity contribution in [3.8, 4) is 0 Å². The molecule has 2 aromatic carbocycles. The minimum absolute atomic E-state index is 0.0751. The van der Waals surface area contributed by atoms with Crippen LogP contribution in [0.3, 0.4) is 0 Å². The Hall–Kier alpha value is -2.33. The molecule has 2 aromatic rings. The molecule has 0 unspecified atom stereocenters. The van der Waals surface area contributed by atoms with Gasteiger partial charge in [0.15, 0.2) is 0 Å². The Morgan fingerprint density at radius 3 is 2.43 bits per heavy atom. The molecule has 0 aliphatic rings. The molecule has 0 aliphatic heterocycles. The number of anilines is 1. The third-order valence-electron chi connectivity index (χ3n) is 3.48. The van der Waals surface area contributed by atoms with Crippen molar-refractivity contribution in [3.05, 3.63) is 64.2 Å². The quantitative estimate of drug-likeness (QED) is 0.842. The summed E-state index contributed by atoms with van der Waals surface area (Å²) in [7, 11) is 1.34. The van der Waals surface area contributed by atoms with Crippen molar-refractivity contribution in [2.45, 2.75) is 19.8 Å². The molecule has 4 nitrogen and oxygen atoms in total. The van der Waals surface area contributed by atoms with Crippen molar-refractivity contribution < 1.29 is 14.3 Å². The van der Waals surface area contributed by atoms with Crippen LogP contribution in [-0.4, -0.2) is 19.0 Å². The first-order valence-electron chi connectivity index (χ1n) is 7.23. The average Bonchev–Trinajstić information content (AvgIpc) is 2.55. The molecule has 2 rings (SSSR count). The molecule has 0 spiro atoms. The highest BCUT2D eigenvalue weighted by molar-refractivity contribution is 6.30. The molecule has 0 fully saturated rings. The van der Waals surface area contributed by atoms with E-state index < -0.39 is 5.97 Å². The Morgan fingerprint density at radius 1 is 1.13 bits per heavy atom. The van der Waals surface area contributed by atoms with E-state index in [1.54, 1.807) is 18.2 Å². The second-order valence-electron chi connectivity index (χ2n) is 5.20. The number of halogens is 1. The minimum Gasteiger partial charge on any atom is -0.465 e. The number of carbonyl (C=O) groups excluding carboxylic acids is 2. The van der Waals surface area contributed by atoms with Crippen LogP contribution in [0, 0.1) is 6.92 Å². The van der Waals surface area contributed by atoms with Crippen molar-refractivity contribution in [1.82, 2.24) is 0 Å². The molecular weight excluding hydrogens is 314 g/mol. The second kappa shape index (κ2) is 7.79. The van der Waals surface area contributed by atoms with Gasteiger partial charge in [0.05, 0.1) is 12.7 Å². The zero-order valence-corrected chi connectivity index (χ0v) is 13.8. The average molecular weight is 332 g/mol. The van der Waals surface area contributed by atoms with Crippen molar-refractivity contribution in [1.29, 1.82) is 0 Å². The van der Waals surface area contributed by atoms with Crippen molar-refractivity contribution in [3.63, 3.8) is 0 Å². The van der Waals surface area contributed by atoms with Gasteiger partial charge in [-0.05, 0) is 54.8 Å². The smallest absolute Gasteiger partial charge is 0.337 e. The summed E-state index contributed by atoms with van der Waals surface area (Å²) in [6.45, 7) is 1.83. The summed E-state index contributed by atoms with van der Waals surface area (Å²) in [4.78, 5) is 23.5. The summed E-state index contributed by atoms with van der Waals surface area (Å²) in [5, 5.41) is 3.54. The molecule has 1 N–H and O–H groups in total. The molecule has 23 heavy (non-hydrogen) atoms. The Balaban J connectivity index is 1.94. The maximum absolute atomic E-state index is 12.1. The molecular formula is C18H18ClNO3. The van der Waals surface area contributed by atoms with Crippen LogP contribution in [0.4, 0.5) is 5.69 Å². The fourth-order valence-corrected chi connectivity index (χ4v) is 2.30. The van der Waals surface area contributed by atoms with E-state index >= 15 is 0 Å². The Morgan fingerprint density at radius 2 is 1.83 bits per heavy atom. The Kier molecular flexibility index (Phi) is 5.77. The van der Waals surface area contributed by atoms with E-state index in [1.165, 1.54) is 7.11 Å². The van der Waals surface area contributed by atoms with Gasteiger partial charge in [-0.15, -0.1) is 0 Å². The van der Waals surface area contributed by atoms with Gasteiger partial charge in [0.2, 0.25) is 5.91 Å². The molecule has 0 radical (unpaired) electrons. The SMILES string of the molecule is COC(=O)c1ccc(NC(=O)CCc2ccc(Cl)cc2)c(C)c1. The number of methoxy groups -OCH3 is 1. The summed E-state index contributed by atoms with van der Waals surface area (Å²) in [6, 6.07) is 12.5. The van der Waals surface area contributed by atoms with Gasteiger partial charge < -0.3 is 10.1 Å². The lowest BCUT2D eigenvalue weighted by molar-refractivity contribution is -0.116. The van der Waals surface area contributed by atoms with Crippen molar-refractivity contribution in [2.24, 2.45) is 0 Å². The van der Waals surface area contributed by atoms with Crippen LogP contribution >= 0.6 is 11.6 Å². The maximum atomic E-state index is 12.1. The van der Waals surface area contributed by atoms with E-state index in [2.05, 4.69) is 10.1 Å². The molecule has 5 heteroatoms. The number of benzene rings is 2. The lowest BCUT2D eigenvalue weighted by Gasteiger charge is -2.10. The number of nitrogens with one attached hydrogen (secondary N) is 1. The van der Waals surface area contributed by atoms with Gasteiger partial charge in [-0.25, -0.2) is 4.79 Å². The highest BCUT2D eigenvalue weighted by atomic mass is 35.5. The highest BCUT2D eigenvalue weighted by Gasteiger charge is 2.09. The summed E-state index contributed by atoms with van der Waals surface area (Å²) in [6.07, 6.45) is 1.02. The largest absolute Gasteiger partial charge is 0.465 e. The van der Waals surface area contributed by atoms with Crippen LogP contribution in [0.25, 0.3) is 0 Å². The van der Waals surface area contributed by atoms with E-state index in [9.17, 15) is 9.59 Å². The van der Waals surface area contributed by atoms with Gasteiger partial charge in [0, 0.05) is 17.1 Å². The number of hydrogen-bond donors (Lipinski definition) is 1. The summed E-state index contributed by atoms with van der Waals surface area (Å²) >= 11 is 5.83. The highest BCUT2D eigenvalue weighted by Crippen LogP contribution is 2.18. The lowest BCUT2D eigenvalue weighted by atomic mass is 10.1. The molecule has 0 saturated heterocycles. The van der Waals surface area contributed by atoms with Crippen molar-refractivity contribution in [2.75, 3.05) is 12.4 Å². The van der Waals surface area contributed by atoms with Crippen LogP contribution < -0.4 is 5.32 Å². The molecule has 120 valence electrons. The van der Waals surface area contributed by atoms with Gasteiger partial charge >= 0.3 is 5.97 Å². The first-order chi connectivity index (χ1) is 11.0. The number of carbonyl (C=O) groups is 2. The first kappa shape index (κ1) is 17.0. The summed E-state index contributed by atoms with van der Waals surface area (Å²) < 4.78 is 4.67. The molecule has 0 atom stereocenters. The molecule has 1 amide bonds. The normalized spacial score (nSPS) is 10.2. The number of hydrogen-bond acceptors (Lipinski definition) is 3. The summed E-state index contributed by atoms with van der Waals surface area (Å²) in [5.41, 5.74) is 3.03. The third-order valence-corrected chi connectivity index (χ3v) is 3.73. The predicted octanol–water partition coefficient (Wildman–Crippen LogP) is 4.01. The fraction of sp³-hybridized carbons (Fsp3) is 0.222. The van der Waals surface area contributed by atoms with Gasteiger partial charge in [-0.2, -0.15) is 0 Å². The van der Waals surface area contributed by atoms with E-state index in [-0.39, 0.29) is 5.91 Å². The van der Waals surface area contributed by atoms with Crippen LogP contribution in [0.2, 0.25) is 5.02 Å². The Bertz CT molecular complexity index is 711. The maximum Gasteiger partial charge on any atom is 0.337 e. The van der Waals surface area contributed by atoms with E-state index in [0.717, 1.165) is 11.1 Å². The van der Waals surface area contributed by atoms with Crippen LogP contribution in [0.15, 0.2) is 42.5 Å². The molecule has 0 heterocycles. The number of rotatable bonds is 5. The number of ether oxygens (including phenoxy) is 1. The topological polar surface area (TPSA) is 55.4 Å². The van der Waals surface area contributed by atoms with Crippen LogP contribution in [0.5, 0.6) is 0 Å². The van der Waals surface area contributed by atoms with Crippen LogP contribution in [-0.2, 0) is 16.0 Å². The van der Waals surface area contributed by atoms with E-state index in [1.807, 2.05) is 31.2 Å². The Labute approximate surface area is 140 Å². The minimum atomic E-state index is -0.395. The number of esters is 1. The van der Waals surface area contributed by atoms with Gasteiger partial charge in [-0.1, -0.05) is 23.7 Å². The predicted molar refractivity (Wildman–Crippen MR) is 90.9 cm³/mol. The standard InChI is InChI=1S/C18H18ClNO3/c1-12-11-14(18(22)23-2)6-9-16(12)20-17(21)10-5-13-3-7-15(19)8-4-13/h3-4,6-9,11H,5,10H2,1-2H3,(H,20,21). The summed E-state index contributed by atoms with van der Waals surface area (Å²) in [5.74, 6) is -0.470. The molecule has 0 aromatic heterocycles. The number of aryl methyl sites for hydroxylation is 2. The van der Waals surface area contributed by atoms with Crippen molar-refractivity contribution >= 4 is 29.2 Å². The van der Waals surface area contributed by atoms with E-state index in [4.69, 9.17) is 11.6 Å². The van der Waals surface area contributed by atoms with Gasteiger partial charge in [-0.3, -0.25) is 4.79 Å². The third kappa shape index (κ3) is 4.83. The van der Waals surface area contributed by atoms with Crippen LogP contribution in [0.1, 0.15) is 27.9 Å². The number of amides is 1.